The summed E-state index contributed by atoms with van der Waals surface area (Å²) < 4.78 is 18.1. The molecule has 0 radical (unpaired) electrons. The highest BCUT2D eigenvalue weighted by Gasteiger charge is 2.23. The van der Waals surface area contributed by atoms with Gasteiger partial charge in [-0.3, -0.25) is 0 Å². The monoisotopic (exact) mass is 1630 g/mol. The average Bonchev–Trinajstić information content (AvgIpc) is 1.59. The van der Waals surface area contributed by atoms with Gasteiger partial charge in [0.25, 0.3) is 0 Å². The maximum absolute atomic E-state index is 5.05. The van der Waals surface area contributed by atoms with Gasteiger partial charge in [-0.05, 0) is 156 Å². The molecule has 0 saturated heterocycles. The van der Waals surface area contributed by atoms with Gasteiger partial charge >= 0.3 is 0 Å². The second-order valence-electron chi connectivity index (χ2n) is 30.7. The molecular weight excluding hydrogens is 1570 g/mol. The Kier molecular flexibility index (Phi) is 16.1. The first-order valence-corrected chi connectivity index (χ1v) is 44.4. The fraction of sp³-hybridized carbons (Fsp3) is 0. The molecule has 9 aromatic heterocycles. The molecule has 0 saturated carbocycles. The molecule has 564 valence electrons. The Morgan fingerprint density at radius 2 is 0.479 bits per heavy atom. The number of aromatic nitrogens is 8. The van der Waals surface area contributed by atoms with Crippen molar-refractivity contribution in [3.8, 4) is 102 Å². The highest BCUT2D eigenvalue weighted by atomic mass is 32.1. The zero-order valence-electron chi connectivity index (χ0n) is 64.4. The maximum atomic E-state index is 5.05. The lowest BCUT2D eigenvalue weighted by Gasteiger charge is -2.11. The van der Waals surface area contributed by atoms with Crippen LogP contribution in [0.5, 0.6) is 0 Å². The van der Waals surface area contributed by atoms with Crippen molar-refractivity contribution in [1.29, 1.82) is 0 Å². The van der Waals surface area contributed by atoms with Crippen LogP contribution in [0.25, 0.3) is 246 Å². The van der Waals surface area contributed by atoms with Gasteiger partial charge in [-0.1, -0.05) is 243 Å². The summed E-state index contributed by atoms with van der Waals surface area (Å²) in [6, 6.07) is 135. The zero-order valence-corrected chi connectivity index (χ0v) is 68.5. The second-order valence-corrected chi connectivity index (χ2v) is 36.1. The molecule has 8 nitrogen and oxygen atoms in total. The Morgan fingerprint density at radius 1 is 0.157 bits per heavy atom. The van der Waals surface area contributed by atoms with Crippen molar-refractivity contribution in [3.05, 3.63) is 376 Å². The summed E-state index contributed by atoms with van der Waals surface area (Å²) in [5.74, 6) is 3.92. The Labute approximate surface area is 712 Å². The van der Waals surface area contributed by atoms with E-state index in [0.29, 0.717) is 34.9 Å². The molecular formula is C108H62N8S5. The molecule has 121 heavy (non-hydrogen) atoms. The molecule has 13 heteroatoms. The predicted molar refractivity (Wildman–Crippen MR) is 516 cm³/mol. The van der Waals surface area contributed by atoms with Crippen LogP contribution in [-0.4, -0.2) is 39.0 Å². The van der Waals surface area contributed by atoms with Gasteiger partial charge < -0.3 is 9.13 Å². The first-order chi connectivity index (χ1) is 59.9. The first-order valence-electron chi connectivity index (χ1n) is 40.3. The number of hydrogen-bond acceptors (Lipinski definition) is 11. The summed E-state index contributed by atoms with van der Waals surface area (Å²) in [4.78, 5) is 29.8. The van der Waals surface area contributed by atoms with E-state index >= 15 is 0 Å². The van der Waals surface area contributed by atoms with E-state index in [2.05, 4.69) is 288 Å². The van der Waals surface area contributed by atoms with E-state index in [-0.39, 0.29) is 0 Å². The van der Waals surface area contributed by atoms with Crippen molar-refractivity contribution in [2.45, 2.75) is 0 Å². The van der Waals surface area contributed by atoms with Crippen LogP contribution >= 0.6 is 56.7 Å². The quantitative estimate of drug-likeness (QED) is 0.136. The topological polar surface area (TPSA) is 87.2 Å². The van der Waals surface area contributed by atoms with E-state index in [4.69, 9.17) is 29.9 Å². The molecule has 0 N–H and O–H groups in total. The van der Waals surface area contributed by atoms with E-state index < -0.39 is 0 Å². The van der Waals surface area contributed by atoms with Gasteiger partial charge in [0.05, 0.1) is 31.5 Å². The fourth-order valence-corrected chi connectivity index (χ4v) is 23.9. The number of hydrogen-bond donors (Lipinski definition) is 0. The van der Waals surface area contributed by atoms with Gasteiger partial charge in [-0.2, -0.15) is 0 Å². The number of benzene rings is 17. The minimum atomic E-state index is 0.643. The minimum Gasteiger partial charge on any atom is -0.309 e. The van der Waals surface area contributed by atoms with Crippen LogP contribution in [0.15, 0.2) is 376 Å². The highest BCUT2D eigenvalue weighted by molar-refractivity contribution is 7.34. The van der Waals surface area contributed by atoms with Crippen LogP contribution in [-0.2, 0) is 0 Å². The molecule has 0 spiro atoms. The van der Waals surface area contributed by atoms with Crippen molar-refractivity contribution < 1.29 is 0 Å². The number of para-hydroxylation sites is 2. The van der Waals surface area contributed by atoms with Crippen LogP contribution < -0.4 is 0 Å². The molecule has 0 bridgehead atoms. The SMILES string of the molecule is c1ccc(-c2nc(-c3ccccc3)nc(-c3ccc(-n4c5ccccc5c5cc(-c6ccc7sc8cc9c(cc8c7c6)sc6ccccc69)ccc54)cc3)n2)cc1.c1ccc(-c2nc(-c3ccccc3)nc(-c3ccc4sc5ccc(-n6c7ccccc7c7cc(-c8cccc9c8sc8c9ccc9c%10ccccc%10sc98)ccc76)cc5c4c3)n2)cc1. The van der Waals surface area contributed by atoms with Crippen LogP contribution in [0.1, 0.15) is 0 Å². The molecule has 0 unspecified atom stereocenters. The summed E-state index contributed by atoms with van der Waals surface area (Å²) in [5, 5.41) is 18.0. The average molecular weight is 1630 g/mol. The Bertz CT molecular complexity index is 8600. The van der Waals surface area contributed by atoms with Gasteiger partial charge in [0.1, 0.15) is 0 Å². The lowest BCUT2D eigenvalue weighted by Crippen LogP contribution is -2.00. The molecule has 26 aromatic rings. The van der Waals surface area contributed by atoms with Crippen LogP contribution in [0.2, 0.25) is 0 Å². The Balaban J connectivity index is 0.000000135. The number of fused-ring (bicyclic) bond motifs is 22. The third kappa shape index (κ3) is 11.6. The van der Waals surface area contributed by atoms with Gasteiger partial charge in [-0.15, -0.1) is 56.7 Å². The number of nitrogens with zero attached hydrogens (tertiary/aromatic N) is 8. The van der Waals surface area contributed by atoms with Crippen LogP contribution in [0.3, 0.4) is 0 Å². The number of thiophene rings is 5. The lowest BCUT2D eigenvalue weighted by molar-refractivity contribution is 1.07. The van der Waals surface area contributed by atoms with Gasteiger partial charge in [-0.25, -0.2) is 29.9 Å². The minimum absolute atomic E-state index is 0.643. The number of rotatable bonds is 10. The van der Waals surface area contributed by atoms with E-state index in [1.807, 2.05) is 154 Å². The molecule has 0 aliphatic heterocycles. The molecule has 26 rings (SSSR count). The smallest absolute Gasteiger partial charge is 0.164 e. The molecule has 0 amide bonds. The highest BCUT2D eigenvalue weighted by Crippen LogP contribution is 2.50. The second kappa shape index (κ2) is 28.1. The van der Waals surface area contributed by atoms with E-state index in [0.717, 1.165) is 44.8 Å². The van der Waals surface area contributed by atoms with Crippen molar-refractivity contribution in [2.75, 3.05) is 0 Å². The molecule has 0 atom stereocenters. The molecule has 0 fully saturated rings. The summed E-state index contributed by atoms with van der Waals surface area (Å²) in [5.41, 5.74) is 17.6. The van der Waals surface area contributed by atoms with Crippen LogP contribution in [0, 0.1) is 0 Å². The summed E-state index contributed by atoms with van der Waals surface area (Å²) >= 11 is 9.44. The van der Waals surface area contributed by atoms with Crippen molar-refractivity contribution in [2.24, 2.45) is 0 Å². The zero-order chi connectivity index (χ0) is 79.3. The van der Waals surface area contributed by atoms with E-state index in [1.165, 1.54) is 167 Å². The molecule has 0 aliphatic rings. The lowest BCUT2D eigenvalue weighted by atomic mass is 10.0. The Hall–Kier alpha value is -14.5. The summed E-state index contributed by atoms with van der Waals surface area (Å²) in [6.07, 6.45) is 0. The van der Waals surface area contributed by atoms with Crippen molar-refractivity contribution in [1.82, 2.24) is 39.0 Å². The summed E-state index contributed by atoms with van der Waals surface area (Å²) in [6.45, 7) is 0. The van der Waals surface area contributed by atoms with Crippen molar-refractivity contribution in [3.63, 3.8) is 0 Å². The molecule has 9 heterocycles. The van der Waals surface area contributed by atoms with Crippen molar-refractivity contribution >= 4 is 201 Å². The van der Waals surface area contributed by atoms with Gasteiger partial charge in [0.2, 0.25) is 0 Å². The van der Waals surface area contributed by atoms with Gasteiger partial charge in [0.15, 0.2) is 34.9 Å². The maximum Gasteiger partial charge on any atom is 0.164 e. The normalized spacial score (nSPS) is 12.0. The largest absolute Gasteiger partial charge is 0.309 e. The molecule has 0 aliphatic carbocycles. The first kappa shape index (κ1) is 69.6. The molecule has 17 aromatic carbocycles. The predicted octanol–water partition coefficient (Wildman–Crippen LogP) is 31.1. The Morgan fingerprint density at radius 3 is 1.03 bits per heavy atom. The van der Waals surface area contributed by atoms with Gasteiger partial charge in [0, 0.05) is 158 Å². The third-order valence-corrected chi connectivity index (χ3v) is 29.7. The van der Waals surface area contributed by atoms with Crippen LogP contribution in [0.4, 0.5) is 0 Å². The van der Waals surface area contributed by atoms with E-state index in [1.54, 1.807) is 0 Å². The standard InChI is InChI=1S/C57H32N4S3.C51H30N4S2/c1-3-12-33(13-4-1)55-58-56(34-14-5-2-6-15-34)60-57(59-55)36-23-28-50-45(31-36)46-32-37(24-29-51(46)62-50)61-47-20-9-7-16-39(47)44-30-35(22-27-48(44)61)38-18-11-19-41-43-26-25-42-40-17-8-10-21-49(40)63-53(42)54(43)64-52(38)41;1-3-11-31(12-4-1)49-52-50(32-13-5-2-6-14-32)54-51(53-49)33-19-23-36(24-20-33)55-43-17-9-7-15-37(43)39-27-34(21-25-44(39)55)35-22-26-46-40(28-35)42-30-47-41(29-48(42)57-46)38-16-8-10-18-45(38)56-47/h1-32H;1-30H. The summed E-state index contributed by atoms with van der Waals surface area (Å²) in [7, 11) is 0. The third-order valence-electron chi connectivity index (χ3n) is 23.7. The van der Waals surface area contributed by atoms with E-state index in [9.17, 15) is 0 Å². The fourth-order valence-electron chi connectivity index (χ4n) is 18.0.